The van der Waals surface area contributed by atoms with Crippen molar-refractivity contribution in [1.29, 1.82) is 0 Å². The van der Waals surface area contributed by atoms with Gasteiger partial charge in [-0.15, -0.1) is 0 Å². The first-order valence-electron chi connectivity index (χ1n) is 7.62. The molecule has 0 unspecified atom stereocenters. The normalized spacial score (nSPS) is 10.2. The molecule has 0 spiro atoms. The lowest BCUT2D eigenvalue weighted by molar-refractivity contribution is -0.143. The minimum absolute atomic E-state index is 0.0866. The second-order valence-corrected chi connectivity index (χ2v) is 4.71. The van der Waals surface area contributed by atoms with Crippen molar-refractivity contribution in [3.8, 4) is 11.5 Å². The van der Waals surface area contributed by atoms with Gasteiger partial charge in [0.2, 0.25) is 0 Å². The summed E-state index contributed by atoms with van der Waals surface area (Å²) in [6.07, 6.45) is 0.211. The standard InChI is InChI=1S/C17H24O5/c1-5-20-15-10-12(4)13(11-16(15)21-6-2)14(18)8-9-17(19)22-7-3/h10-11H,5-9H2,1-4H3. The molecule has 22 heavy (non-hydrogen) atoms. The van der Waals surface area contributed by atoms with Gasteiger partial charge < -0.3 is 14.2 Å². The van der Waals surface area contributed by atoms with Gasteiger partial charge in [-0.1, -0.05) is 0 Å². The molecule has 0 amide bonds. The van der Waals surface area contributed by atoms with E-state index in [1.165, 1.54) is 0 Å². The maximum Gasteiger partial charge on any atom is 0.306 e. The predicted molar refractivity (Wildman–Crippen MR) is 83.7 cm³/mol. The van der Waals surface area contributed by atoms with Gasteiger partial charge in [0, 0.05) is 12.0 Å². The van der Waals surface area contributed by atoms with Gasteiger partial charge in [0.1, 0.15) is 0 Å². The summed E-state index contributed by atoms with van der Waals surface area (Å²) >= 11 is 0. The molecular formula is C17H24O5. The molecule has 5 heteroatoms. The smallest absolute Gasteiger partial charge is 0.306 e. The Morgan fingerprint density at radius 2 is 1.50 bits per heavy atom. The van der Waals surface area contributed by atoms with Crippen molar-refractivity contribution in [1.82, 2.24) is 0 Å². The van der Waals surface area contributed by atoms with Crippen LogP contribution in [-0.4, -0.2) is 31.6 Å². The lowest BCUT2D eigenvalue weighted by Crippen LogP contribution is -2.09. The van der Waals surface area contributed by atoms with E-state index in [2.05, 4.69) is 0 Å². The number of rotatable bonds is 9. The molecule has 1 aromatic rings. The van der Waals surface area contributed by atoms with Crippen LogP contribution in [-0.2, 0) is 9.53 Å². The van der Waals surface area contributed by atoms with Crippen molar-refractivity contribution < 1.29 is 23.8 Å². The first kappa shape index (κ1) is 18.0. The molecule has 0 N–H and O–H groups in total. The summed E-state index contributed by atoms with van der Waals surface area (Å²) in [6, 6.07) is 3.49. The van der Waals surface area contributed by atoms with Crippen molar-refractivity contribution in [3.63, 3.8) is 0 Å². The van der Waals surface area contributed by atoms with E-state index in [4.69, 9.17) is 14.2 Å². The summed E-state index contributed by atoms with van der Waals surface area (Å²) in [5.74, 6) is 0.720. The van der Waals surface area contributed by atoms with Crippen molar-refractivity contribution in [3.05, 3.63) is 23.3 Å². The number of carbonyl (C=O) groups is 2. The van der Waals surface area contributed by atoms with Gasteiger partial charge in [0.25, 0.3) is 0 Å². The molecule has 0 atom stereocenters. The molecule has 0 aliphatic carbocycles. The Bertz CT molecular complexity index is 522. The van der Waals surface area contributed by atoms with Gasteiger partial charge in [-0.05, 0) is 45.4 Å². The van der Waals surface area contributed by atoms with Crippen molar-refractivity contribution >= 4 is 11.8 Å². The SMILES string of the molecule is CCOC(=O)CCC(=O)c1cc(OCC)c(OCC)cc1C. The van der Waals surface area contributed by atoms with E-state index in [1.807, 2.05) is 20.8 Å². The lowest BCUT2D eigenvalue weighted by Gasteiger charge is -2.14. The maximum atomic E-state index is 12.3. The quantitative estimate of drug-likeness (QED) is 0.517. The number of ether oxygens (including phenoxy) is 3. The number of hydrogen-bond acceptors (Lipinski definition) is 5. The Morgan fingerprint density at radius 1 is 0.909 bits per heavy atom. The van der Waals surface area contributed by atoms with Crippen LogP contribution in [0.4, 0.5) is 0 Å². The highest BCUT2D eigenvalue weighted by atomic mass is 16.5. The van der Waals surface area contributed by atoms with E-state index in [0.29, 0.717) is 36.9 Å². The third-order valence-electron chi connectivity index (χ3n) is 3.05. The third-order valence-corrected chi connectivity index (χ3v) is 3.05. The molecule has 0 saturated carbocycles. The Balaban J connectivity index is 2.91. The van der Waals surface area contributed by atoms with Crippen LogP contribution < -0.4 is 9.47 Å². The van der Waals surface area contributed by atoms with E-state index in [1.54, 1.807) is 19.1 Å². The number of esters is 1. The van der Waals surface area contributed by atoms with Gasteiger partial charge >= 0.3 is 5.97 Å². The molecule has 0 aliphatic rings. The summed E-state index contributed by atoms with van der Waals surface area (Å²) in [7, 11) is 0. The van der Waals surface area contributed by atoms with E-state index < -0.39 is 0 Å². The molecule has 0 saturated heterocycles. The van der Waals surface area contributed by atoms with Crippen LogP contribution >= 0.6 is 0 Å². The van der Waals surface area contributed by atoms with Crippen LogP contribution in [0.25, 0.3) is 0 Å². The van der Waals surface area contributed by atoms with Gasteiger partial charge in [-0.2, -0.15) is 0 Å². The third kappa shape index (κ3) is 5.06. The molecule has 1 aromatic carbocycles. The largest absolute Gasteiger partial charge is 0.490 e. The van der Waals surface area contributed by atoms with Crippen molar-refractivity contribution in [2.45, 2.75) is 40.5 Å². The molecule has 0 aromatic heterocycles. The number of Topliss-reactive ketones (excluding diaryl/α,β-unsaturated/α-hetero) is 1. The number of aryl methyl sites for hydroxylation is 1. The minimum atomic E-state index is -0.357. The van der Waals surface area contributed by atoms with Crippen molar-refractivity contribution in [2.24, 2.45) is 0 Å². The molecule has 5 nitrogen and oxygen atoms in total. The van der Waals surface area contributed by atoms with Crippen LogP contribution in [0.2, 0.25) is 0 Å². The summed E-state index contributed by atoms with van der Waals surface area (Å²) in [6.45, 7) is 8.68. The van der Waals surface area contributed by atoms with Gasteiger partial charge in [0.15, 0.2) is 17.3 Å². The predicted octanol–water partition coefficient (Wildman–Crippen LogP) is 3.32. The average molecular weight is 308 g/mol. The van der Waals surface area contributed by atoms with Crippen LogP contribution in [0.5, 0.6) is 11.5 Å². The summed E-state index contributed by atoms with van der Waals surface area (Å²) in [5.41, 5.74) is 1.36. The van der Waals surface area contributed by atoms with Crippen LogP contribution in [0.15, 0.2) is 12.1 Å². The van der Waals surface area contributed by atoms with Gasteiger partial charge in [0.05, 0.1) is 26.2 Å². The molecule has 1 rings (SSSR count). The molecule has 0 heterocycles. The van der Waals surface area contributed by atoms with Crippen LogP contribution in [0.3, 0.4) is 0 Å². The number of benzene rings is 1. The van der Waals surface area contributed by atoms with Crippen LogP contribution in [0.1, 0.15) is 49.5 Å². The number of hydrogen-bond donors (Lipinski definition) is 0. The second kappa shape index (κ2) is 9.07. The fourth-order valence-corrected chi connectivity index (χ4v) is 2.08. The van der Waals surface area contributed by atoms with E-state index in [9.17, 15) is 9.59 Å². The number of ketones is 1. The van der Waals surface area contributed by atoms with E-state index in [0.717, 1.165) is 5.56 Å². The lowest BCUT2D eigenvalue weighted by atomic mass is 10.0. The molecule has 0 fully saturated rings. The molecule has 0 aliphatic heterocycles. The summed E-state index contributed by atoms with van der Waals surface area (Å²) in [5, 5.41) is 0. The average Bonchev–Trinajstić information content (AvgIpc) is 2.48. The van der Waals surface area contributed by atoms with Gasteiger partial charge in [-0.3, -0.25) is 9.59 Å². The monoisotopic (exact) mass is 308 g/mol. The van der Waals surface area contributed by atoms with E-state index >= 15 is 0 Å². The highest BCUT2D eigenvalue weighted by Gasteiger charge is 2.16. The molecular weight excluding hydrogens is 284 g/mol. The second-order valence-electron chi connectivity index (χ2n) is 4.71. The Labute approximate surface area is 131 Å². The summed E-state index contributed by atoms with van der Waals surface area (Å²) < 4.78 is 15.9. The fourth-order valence-electron chi connectivity index (χ4n) is 2.08. The highest BCUT2D eigenvalue weighted by molar-refractivity contribution is 5.99. The van der Waals surface area contributed by atoms with Crippen LogP contribution in [0, 0.1) is 6.92 Å². The maximum absolute atomic E-state index is 12.3. The Kier molecular flexibility index (Phi) is 7.43. The van der Waals surface area contributed by atoms with Gasteiger partial charge in [-0.25, -0.2) is 0 Å². The first-order chi connectivity index (χ1) is 10.5. The van der Waals surface area contributed by atoms with Crippen molar-refractivity contribution in [2.75, 3.05) is 19.8 Å². The fraction of sp³-hybridized carbons (Fsp3) is 0.529. The molecule has 0 radical (unpaired) electrons. The van der Waals surface area contributed by atoms with E-state index in [-0.39, 0.29) is 24.6 Å². The number of carbonyl (C=O) groups excluding carboxylic acids is 2. The molecule has 122 valence electrons. The zero-order valence-electron chi connectivity index (χ0n) is 13.7. The zero-order chi connectivity index (χ0) is 16.5. The topological polar surface area (TPSA) is 61.8 Å². The zero-order valence-corrected chi connectivity index (χ0v) is 13.7. The Morgan fingerprint density at radius 3 is 2.05 bits per heavy atom. The summed E-state index contributed by atoms with van der Waals surface area (Å²) in [4.78, 5) is 23.6. The Hall–Kier alpha value is -2.04. The highest BCUT2D eigenvalue weighted by Crippen LogP contribution is 2.31. The first-order valence-corrected chi connectivity index (χ1v) is 7.62. The molecule has 0 bridgehead atoms. The minimum Gasteiger partial charge on any atom is -0.490 e.